The van der Waals surface area contributed by atoms with Gasteiger partial charge in [-0.3, -0.25) is 4.79 Å². The molecule has 2 unspecified atom stereocenters. The van der Waals surface area contributed by atoms with E-state index in [9.17, 15) is 15.0 Å². The first kappa shape index (κ1) is 26.7. The number of hydrogen-bond donors (Lipinski definition) is 3. The van der Waals surface area contributed by atoms with E-state index in [1.165, 1.54) is 7.11 Å². The molecule has 2 aromatic rings. The Morgan fingerprint density at radius 1 is 1.31 bits per heavy atom. The van der Waals surface area contributed by atoms with Crippen LogP contribution in [0.1, 0.15) is 51.5 Å². The summed E-state index contributed by atoms with van der Waals surface area (Å²) in [5, 5.41) is 23.4. The van der Waals surface area contributed by atoms with Gasteiger partial charge in [0.15, 0.2) is 5.79 Å². The van der Waals surface area contributed by atoms with Crippen LogP contribution < -0.4 is 15.0 Å². The van der Waals surface area contributed by atoms with Crippen molar-refractivity contribution in [2.24, 2.45) is 0 Å². The van der Waals surface area contributed by atoms with Gasteiger partial charge in [-0.1, -0.05) is 13.0 Å². The van der Waals surface area contributed by atoms with Crippen molar-refractivity contribution in [3.05, 3.63) is 36.2 Å². The Kier molecular flexibility index (Phi) is 9.25. The third kappa shape index (κ3) is 7.51. The highest BCUT2D eigenvalue weighted by Crippen LogP contribution is 2.36. The van der Waals surface area contributed by atoms with Crippen molar-refractivity contribution >= 4 is 23.0 Å². The van der Waals surface area contributed by atoms with Crippen molar-refractivity contribution in [2.75, 3.05) is 43.7 Å². The van der Waals surface area contributed by atoms with Gasteiger partial charge in [0, 0.05) is 26.4 Å². The van der Waals surface area contributed by atoms with Crippen LogP contribution >= 0.6 is 0 Å². The largest absolute Gasteiger partial charge is 0.481 e. The number of carboxylic acid groups (broad SMARTS) is 1. The highest BCUT2D eigenvalue weighted by Gasteiger charge is 2.31. The van der Waals surface area contributed by atoms with Gasteiger partial charge in [0.05, 0.1) is 49.0 Å². The molecule has 1 saturated heterocycles. The summed E-state index contributed by atoms with van der Waals surface area (Å²) in [7, 11) is 1.48. The Bertz CT molecular complexity index is 963. The second-order valence-electron chi connectivity index (χ2n) is 8.94. The molecule has 2 atom stereocenters. The molecule has 0 spiro atoms. The monoisotopic (exact) mass is 488 g/mol. The zero-order chi connectivity index (χ0) is 25.4. The van der Waals surface area contributed by atoms with Gasteiger partial charge < -0.3 is 34.6 Å². The second-order valence-corrected chi connectivity index (χ2v) is 8.94. The Labute approximate surface area is 206 Å². The number of aliphatic hydroxyl groups is 1. The molecule has 10 heteroatoms. The molecule has 192 valence electrons. The van der Waals surface area contributed by atoms with Gasteiger partial charge in [-0.2, -0.15) is 0 Å². The molecule has 0 bridgehead atoms. The van der Waals surface area contributed by atoms with Crippen LogP contribution in [0, 0.1) is 0 Å². The fourth-order valence-electron chi connectivity index (χ4n) is 4.12. The molecule has 0 aliphatic carbocycles. The van der Waals surface area contributed by atoms with E-state index in [0.29, 0.717) is 31.5 Å². The number of carboxylic acids is 1. The summed E-state index contributed by atoms with van der Waals surface area (Å²) in [6.07, 6.45) is 4.91. The molecule has 1 fully saturated rings. The second kappa shape index (κ2) is 12.1. The first-order valence-electron chi connectivity index (χ1n) is 11.9. The molecule has 1 aliphatic rings. The van der Waals surface area contributed by atoms with E-state index in [2.05, 4.69) is 20.2 Å². The third-order valence-corrected chi connectivity index (χ3v) is 6.10. The number of aromatic nitrogens is 2. The number of nitrogens with zero attached hydrogens (tertiary/aromatic N) is 3. The summed E-state index contributed by atoms with van der Waals surface area (Å²) in [4.78, 5) is 21.9. The minimum atomic E-state index is -1.37. The van der Waals surface area contributed by atoms with Gasteiger partial charge >= 0.3 is 12.0 Å². The summed E-state index contributed by atoms with van der Waals surface area (Å²) < 4.78 is 16.2. The van der Waals surface area contributed by atoms with Crippen LogP contribution in [0.25, 0.3) is 0 Å². The topological polar surface area (TPSA) is 126 Å². The molecule has 1 aromatic heterocycles. The van der Waals surface area contributed by atoms with Crippen LogP contribution in [0.15, 0.2) is 30.6 Å². The van der Waals surface area contributed by atoms with Gasteiger partial charge in [0.25, 0.3) is 0 Å². The van der Waals surface area contributed by atoms with E-state index in [0.717, 1.165) is 29.8 Å². The summed E-state index contributed by atoms with van der Waals surface area (Å²) in [6.45, 7) is 7.38. The number of methoxy groups -OCH3 is 1. The number of rotatable bonds is 12. The third-order valence-electron chi connectivity index (χ3n) is 6.10. The summed E-state index contributed by atoms with van der Waals surface area (Å²) in [6, 6.07) is 6.28. The van der Waals surface area contributed by atoms with Crippen LogP contribution in [0.4, 0.5) is 17.1 Å². The lowest BCUT2D eigenvalue weighted by Crippen LogP contribution is -2.49. The fraction of sp³-hybridized carbons (Fsp3) is 0.560. The van der Waals surface area contributed by atoms with Crippen molar-refractivity contribution in [1.82, 2.24) is 9.97 Å². The van der Waals surface area contributed by atoms with Crippen molar-refractivity contribution in [3.63, 3.8) is 0 Å². The molecule has 0 saturated carbocycles. The first-order valence-corrected chi connectivity index (χ1v) is 11.9. The summed E-state index contributed by atoms with van der Waals surface area (Å²) in [5.74, 6) is -2.40. The van der Waals surface area contributed by atoms with E-state index < -0.39 is 11.8 Å². The highest BCUT2D eigenvalue weighted by atomic mass is 16.6. The van der Waals surface area contributed by atoms with Crippen LogP contribution in [0.5, 0.6) is 6.01 Å². The number of anilines is 3. The molecule has 3 rings (SSSR count). The molecular weight excluding hydrogens is 452 g/mol. The Balaban J connectivity index is 2.02. The van der Waals surface area contributed by atoms with Crippen LogP contribution in [-0.4, -0.2) is 71.5 Å². The number of benzene rings is 1. The summed E-state index contributed by atoms with van der Waals surface area (Å²) >= 11 is 0. The lowest BCUT2D eigenvalue weighted by atomic mass is 9.95. The molecule has 10 nitrogen and oxygen atoms in total. The van der Waals surface area contributed by atoms with Crippen molar-refractivity contribution in [3.8, 4) is 6.01 Å². The number of carbonyl (C=O) groups is 1. The molecule has 0 amide bonds. The van der Waals surface area contributed by atoms with Crippen molar-refractivity contribution in [2.45, 2.75) is 57.8 Å². The highest BCUT2D eigenvalue weighted by molar-refractivity contribution is 5.77. The van der Waals surface area contributed by atoms with Gasteiger partial charge in [-0.15, -0.1) is 0 Å². The molecule has 0 radical (unpaired) electrons. The van der Waals surface area contributed by atoms with Crippen LogP contribution in [0.2, 0.25) is 0 Å². The predicted molar refractivity (Wildman–Crippen MR) is 132 cm³/mol. The average molecular weight is 489 g/mol. The minimum Gasteiger partial charge on any atom is -0.481 e. The van der Waals surface area contributed by atoms with Gasteiger partial charge in [-0.05, 0) is 50.3 Å². The van der Waals surface area contributed by atoms with E-state index in [4.69, 9.17) is 14.2 Å². The standard InChI is InChI=1S/C25H36N4O6/c1-5-35-24-26-14-19(15-27-24)28-21-13-18(17(2)12-23(30)31)6-7-22(21)29(16-25(3,32)33-4)20-8-10-34-11-9-20/h6-7,13-15,17,20,28,32H,5,8-12,16H2,1-4H3,(H,30,31). The van der Waals surface area contributed by atoms with Gasteiger partial charge in [0.1, 0.15) is 0 Å². The molecule has 35 heavy (non-hydrogen) atoms. The maximum Gasteiger partial charge on any atom is 0.316 e. The van der Waals surface area contributed by atoms with Gasteiger partial charge in [0.2, 0.25) is 0 Å². The Morgan fingerprint density at radius 3 is 2.60 bits per heavy atom. The predicted octanol–water partition coefficient (Wildman–Crippen LogP) is 3.54. The lowest BCUT2D eigenvalue weighted by molar-refractivity contribution is -0.163. The Morgan fingerprint density at radius 2 is 2.00 bits per heavy atom. The van der Waals surface area contributed by atoms with Crippen LogP contribution in [-0.2, 0) is 14.3 Å². The molecule has 3 N–H and O–H groups in total. The smallest absolute Gasteiger partial charge is 0.316 e. The molecule has 1 aliphatic heterocycles. The molecule has 2 heterocycles. The SMILES string of the molecule is CCOc1ncc(Nc2cc(C(C)CC(=O)O)ccc2N(CC(C)(O)OC)C2CCOCC2)cn1. The van der Waals surface area contributed by atoms with E-state index in [-0.39, 0.29) is 24.9 Å². The lowest BCUT2D eigenvalue weighted by Gasteiger charge is -2.40. The first-order chi connectivity index (χ1) is 16.7. The van der Waals surface area contributed by atoms with Crippen molar-refractivity contribution < 1.29 is 29.2 Å². The zero-order valence-corrected chi connectivity index (χ0v) is 20.9. The number of ether oxygens (including phenoxy) is 3. The van der Waals surface area contributed by atoms with E-state index in [1.807, 2.05) is 32.0 Å². The van der Waals surface area contributed by atoms with E-state index >= 15 is 0 Å². The number of hydrogen-bond acceptors (Lipinski definition) is 9. The van der Waals surface area contributed by atoms with E-state index in [1.54, 1.807) is 19.3 Å². The molecular formula is C25H36N4O6. The quantitative estimate of drug-likeness (QED) is 0.382. The Hall–Kier alpha value is -2.95. The summed E-state index contributed by atoms with van der Waals surface area (Å²) in [5.41, 5.74) is 3.15. The normalized spacial score (nSPS) is 16.8. The van der Waals surface area contributed by atoms with Crippen molar-refractivity contribution in [1.29, 1.82) is 0 Å². The number of aliphatic carboxylic acids is 1. The maximum atomic E-state index is 11.3. The fourth-order valence-corrected chi connectivity index (χ4v) is 4.12. The van der Waals surface area contributed by atoms with Crippen LogP contribution in [0.3, 0.4) is 0 Å². The maximum absolute atomic E-state index is 11.3. The molecule has 1 aromatic carbocycles. The number of nitrogens with one attached hydrogen (secondary N) is 1. The zero-order valence-electron chi connectivity index (χ0n) is 20.9. The van der Waals surface area contributed by atoms with Gasteiger partial charge in [-0.25, -0.2) is 9.97 Å². The average Bonchev–Trinajstić information content (AvgIpc) is 2.84. The minimum absolute atomic E-state index is 0.0208.